The molecule has 3 rings (SSSR count). The van der Waals surface area contributed by atoms with Crippen molar-refractivity contribution in [1.82, 2.24) is 4.57 Å². The molecule has 1 aromatic heterocycles. The number of ether oxygens (including phenoxy) is 2. The van der Waals surface area contributed by atoms with E-state index in [1.54, 1.807) is 13.0 Å². The van der Waals surface area contributed by atoms with E-state index < -0.39 is 24.3 Å². The van der Waals surface area contributed by atoms with Crippen LogP contribution in [-0.4, -0.2) is 42.2 Å². The summed E-state index contributed by atoms with van der Waals surface area (Å²) in [5, 5.41) is 0.251. The zero-order valence-electron chi connectivity index (χ0n) is 16.5. The van der Waals surface area contributed by atoms with Crippen molar-refractivity contribution in [1.29, 1.82) is 0 Å². The van der Waals surface area contributed by atoms with Crippen LogP contribution in [0.3, 0.4) is 0 Å². The summed E-state index contributed by atoms with van der Waals surface area (Å²) in [6, 6.07) is 12.7. The van der Waals surface area contributed by atoms with Crippen LogP contribution in [0.5, 0.6) is 5.75 Å². The first kappa shape index (κ1) is 20.8. The summed E-state index contributed by atoms with van der Waals surface area (Å²) >= 11 is 0. The predicted octanol–water partition coefficient (Wildman–Crippen LogP) is 2.03. The lowest BCUT2D eigenvalue weighted by Crippen LogP contribution is -2.24. The molecule has 2 N–H and O–H groups in total. The molecule has 0 aliphatic carbocycles. The summed E-state index contributed by atoms with van der Waals surface area (Å²) in [6.45, 7) is 1.62. The molecule has 0 unspecified atom stereocenters. The Bertz CT molecular complexity index is 1150. The minimum absolute atomic E-state index is 0.0208. The van der Waals surface area contributed by atoms with Gasteiger partial charge in [-0.15, -0.1) is 0 Å². The van der Waals surface area contributed by atoms with Crippen molar-refractivity contribution in [2.24, 2.45) is 5.73 Å². The molecule has 2 aromatic carbocycles. The van der Waals surface area contributed by atoms with E-state index in [4.69, 9.17) is 10.5 Å². The van der Waals surface area contributed by atoms with Crippen LogP contribution in [0.25, 0.3) is 10.9 Å². The summed E-state index contributed by atoms with van der Waals surface area (Å²) in [7, 11) is 1.20. The Morgan fingerprint density at radius 3 is 2.40 bits per heavy atom. The number of carbonyl (C=O) groups is 4. The Hall–Kier alpha value is -3.94. The predicted molar refractivity (Wildman–Crippen MR) is 109 cm³/mol. The van der Waals surface area contributed by atoms with Crippen molar-refractivity contribution in [3.05, 3.63) is 64.8 Å². The van der Waals surface area contributed by atoms with Gasteiger partial charge in [-0.2, -0.15) is 0 Å². The molecule has 30 heavy (non-hydrogen) atoms. The number of benzene rings is 2. The Labute approximate surface area is 172 Å². The molecule has 8 heteroatoms. The number of ketones is 1. The van der Waals surface area contributed by atoms with Gasteiger partial charge in [-0.1, -0.05) is 30.3 Å². The number of rotatable bonds is 8. The molecule has 0 bridgehead atoms. The van der Waals surface area contributed by atoms with E-state index in [1.165, 1.54) is 13.2 Å². The van der Waals surface area contributed by atoms with Crippen molar-refractivity contribution >= 4 is 34.8 Å². The number of primary amides is 1. The van der Waals surface area contributed by atoms with Crippen LogP contribution in [0.1, 0.15) is 32.0 Å². The van der Waals surface area contributed by atoms with Crippen molar-refractivity contribution in [2.75, 3.05) is 13.7 Å². The van der Waals surface area contributed by atoms with Gasteiger partial charge in [0.15, 0.2) is 12.9 Å². The second-order valence-corrected chi connectivity index (χ2v) is 6.59. The fraction of sp³-hybridized carbons (Fsp3) is 0.182. The molecule has 8 nitrogen and oxygen atoms in total. The highest BCUT2D eigenvalue weighted by molar-refractivity contribution is 6.45. The van der Waals surface area contributed by atoms with Crippen LogP contribution >= 0.6 is 0 Å². The fourth-order valence-electron chi connectivity index (χ4n) is 3.36. The van der Waals surface area contributed by atoms with E-state index in [-0.39, 0.29) is 22.3 Å². The maximum absolute atomic E-state index is 12.7. The van der Waals surface area contributed by atoms with Gasteiger partial charge < -0.3 is 19.8 Å². The van der Waals surface area contributed by atoms with Gasteiger partial charge >= 0.3 is 5.97 Å². The first-order valence-electron chi connectivity index (χ1n) is 9.07. The average molecular weight is 408 g/mol. The normalized spacial score (nSPS) is 10.6. The van der Waals surface area contributed by atoms with Gasteiger partial charge in [0.2, 0.25) is 0 Å². The van der Waals surface area contributed by atoms with E-state index in [0.29, 0.717) is 24.0 Å². The Morgan fingerprint density at radius 2 is 1.80 bits per heavy atom. The summed E-state index contributed by atoms with van der Waals surface area (Å²) in [5.41, 5.74) is 7.45. The van der Waals surface area contributed by atoms with Crippen molar-refractivity contribution in [2.45, 2.75) is 13.5 Å². The maximum Gasteiger partial charge on any atom is 0.343 e. The highest BCUT2D eigenvalue weighted by Crippen LogP contribution is 2.36. The number of methoxy groups -OCH3 is 1. The Kier molecular flexibility index (Phi) is 5.96. The number of fused-ring (bicyclic) bond motifs is 1. The van der Waals surface area contributed by atoms with Crippen molar-refractivity contribution < 1.29 is 28.7 Å². The number of nitrogens with two attached hydrogens (primary N) is 1. The first-order chi connectivity index (χ1) is 14.4. The fourth-order valence-corrected chi connectivity index (χ4v) is 3.36. The second kappa shape index (κ2) is 8.60. The number of hydrogen-bond donors (Lipinski definition) is 1. The zero-order valence-corrected chi connectivity index (χ0v) is 16.5. The lowest BCUT2D eigenvalue weighted by Gasteiger charge is -2.11. The Balaban J connectivity index is 2.29. The van der Waals surface area contributed by atoms with Crippen LogP contribution in [0.4, 0.5) is 0 Å². The molecule has 0 radical (unpaired) electrons. The lowest BCUT2D eigenvalue weighted by atomic mass is 10.0. The van der Waals surface area contributed by atoms with Crippen LogP contribution in [0.2, 0.25) is 0 Å². The highest BCUT2D eigenvalue weighted by atomic mass is 16.6. The molecule has 0 spiro atoms. The van der Waals surface area contributed by atoms with E-state index >= 15 is 0 Å². The zero-order chi connectivity index (χ0) is 21.8. The van der Waals surface area contributed by atoms with Crippen LogP contribution in [-0.2, 0) is 20.9 Å². The molecule has 154 valence electrons. The van der Waals surface area contributed by atoms with E-state index in [9.17, 15) is 19.2 Å². The number of Topliss-reactive ketones (excluding diaryl/α,β-unsaturated/α-hetero) is 1. The standard InChI is InChI=1S/C22H20N2O6/c1-13-18(20(27)22(23)28)19-16(24(13)10-14-6-4-3-5-7-14)9-8-15(11-25)21(19)30-12-17(26)29-2/h3-9,11H,10,12H2,1-2H3,(H2,23,28). The number of esters is 1. The SMILES string of the molecule is COC(=O)COc1c(C=O)ccc2c1c(C(=O)C(N)=O)c(C)n2Cc1ccccc1. The molecular formula is C22H20N2O6. The third-order valence-electron chi connectivity index (χ3n) is 4.80. The van der Waals surface area contributed by atoms with Gasteiger partial charge in [0.1, 0.15) is 5.75 Å². The van der Waals surface area contributed by atoms with Gasteiger partial charge in [0.25, 0.3) is 11.7 Å². The monoisotopic (exact) mass is 408 g/mol. The van der Waals surface area contributed by atoms with Crippen LogP contribution in [0.15, 0.2) is 42.5 Å². The molecule has 1 heterocycles. The number of hydrogen-bond acceptors (Lipinski definition) is 6. The molecule has 0 atom stereocenters. The number of nitrogens with zero attached hydrogens (tertiary/aromatic N) is 1. The third-order valence-corrected chi connectivity index (χ3v) is 4.80. The number of aromatic nitrogens is 1. The van der Waals surface area contributed by atoms with Gasteiger partial charge in [0.05, 0.1) is 29.1 Å². The van der Waals surface area contributed by atoms with E-state index in [2.05, 4.69) is 4.74 Å². The summed E-state index contributed by atoms with van der Waals surface area (Å²) < 4.78 is 12.0. The topological polar surface area (TPSA) is 118 Å². The lowest BCUT2D eigenvalue weighted by molar-refractivity contribution is -0.142. The van der Waals surface area contributed by atoms with E-state index in [1.807, 2.05) is 34.9 Å². The molecule has 0 saturated carbocycles. The molecule has 3 aromatic rings. The minimum Gasteiger partial charge on any atom is -0.480 e. The molecule has 0 saturated heterocycles. The summed E-state index contributed by atoms with van der Waals surface area (Å²) in [4.78, 5) is 47.6. The number of aldehydes is 1. The quantitative estimate of drug-likeness (QED) is 0.264. The first-order valence-corrected chi connectivity index (χ1v) is 9.07. The number of amides is 1. The molecule has 0 aliphatic heterocycles. The molecular weight excluding hydrogens is 388 g/mol. The summed E-state index contributed by atoms with van der Waals surface area (Å²) in [6.07, 6.45) is 0.550. The van der Waals surface area contributed by atoms with Crippen LogP contribution < -0.4 is 10.5 Å². The largest absolute Gasteiger partial charge is 0.480 e. The van der Waals surface area contributed by atoms with Gasteiger partial charge in [-0.3, -0.25) is 14.4 Å². The van der Waals surface area contributed by atoms with Gasteiger partial charge in [-0.05, 0) is 24.6 Å². The van der Waals surface area contributed by atoms with Crippen molar-refractivity contribution in [3.8, 4) is 5.75 Å². The third kappa shape index (κ3) is 3.80. The second-order valence-electron chi connectivity index (χ2n) is 6.59. The molecule has 0 aliphatic rings. The smallest absolute Gasteiger partial charge is 0.343 e. The summed E-state index contributed by atoms with van der Waals surface area (Å²) in [5.74, 6) is -2.68. The molecule has 1 amide bonds. The van der Waals surface area contributed by atoms with E-state index in [0.717, 1.165) is 5.56 Å². The number of carbonyl (C=O) groups excluding carboxylic acids is 4. The molecule has 0 fully saturated rings. The minimum atomic E-state index is -1.13. The van der Waals surface area contributed by atoms with Gasteiger partial charge in [-0.25, -0.2) is 4.79 Å². The van der Waals surface area contributed by atoms with Crippen molar-refractivity contribution in [3.63, 3.8) is 0 Å². The van der Waals surface area contributed by atoms with Crippen LogP contribution in [0, 0.1) is 6.92 Å². The van der Waals surface area contributed by atoms with Gasteiger partial charge in [0, 0.05) is 12.2 Å². The Morgan fingerprint density at radius 1 is 1.10 bits per heavy atom. The highest BCUT2D eigenvalue weighted by Gasteiger charge is 2.27. The average Bonchev–Trinajstić information content (AvgIpc) is 3.03. The maximum atomic E-state index is 12.7.